The van der Waals surface area contributed by atoms with E-state index in [0.717, 1.165) is 27.6 Å². The van der Waals surface area contributed by atoms with E-state index in [1.54, 1.807) is 6.92 Å². The molecule has 3 N–H and O–H groups in total. The number of carbonyl (C=O) groups excluding carboxylic acids is 3. The third-order valence-corrected chi connectivity index (χ3v) is 7.91. The number of hydrogen-bond donors (Lipinski definition) is 3. The third kappa shape index (κ3) is 7.67. The summed E-state index contributed by atoms with van der Waals surface area (Å²) in [6, 6.07) is 15.8. The zero-order valence-electron chi connectivity index (χ0n) is 24.7. The number of aryl methyl sites for hydroxylation is 1. The number of nitrogens with one attached hydrogen (secondary N) is 3. The molecule has 9 nitrogen and oxygen atoms in total. The number of amides is 2. The van der Waals surface area contributed by atoms with Crippen LogP contribution in [-0.2, 0) is 25.5 Å². The third-order valence-electron chi connectivity index (χ3n) is 7.91. The molecule has 3 heterocycles. The van der Waals surface area contributed by atoms with E-state index >= 15 is 0 Å². The fourth-order valence-corrected chi connectivity index (χ4v) is 5.42. The average Bonchev–Trinajstić information content (AvgIpc) is 3.02. The number of rotatable bonds is 3. The summed E-state index contributed by atoms with van der Waals surface area (Å²) in [5.74, 6) is -1.03. The van der Waals surface area contributed by atoms with Gasteiger partial charge in [0, 0.05) is 30.2 Å². The molecule has 1 fully saturated rings. The largest absolute Gasteiger partial charge is 0.457 e. The fraction of sp³-hybridized carbons (Fsp3) is 0.353. The van der Waals surface area contributed by atoms with Crippen molar-refractivity contribution in [1.29, 1.82) is 0 Å². The van der Waals surface area contributed by atoms with Crippen LogP contribution in [0.3, 0.4) is 0 Å². The van der Waals surface area contributed by atoms with E-state index in [1.807, 2.05) is 79.9 Å². The highest BCUT2D eigenvalue weighted by Crippen LogP contribution is 2.24. The number of fused-ring (bicyclic) bond motifs is 4. The first kappa shape index (κ1) is 30.0. The molecular weight excluding hydrogens is 542 g/mol. The second kappa shape index (κ2) is 13.6. The van der Waals surface area contributed by atoms with Gasteiger partial charge in [0.25, 0.3) is 5.91 Å². The Labute approximate surface area is 252 Å². The second-order valence-corrected chi connectivity index (χ2v) is 11.3. The molecule has 3 aromatic rings. The van der Waals surface area contributed by atoms with Crippen molar-refractivity contribution in [3.63, 3.8) is 0 Å². The lowest BCUT2D eigenvalue weighted by Crippen LogP contribution is -2.60. The van der Waals surface area contributed by atoms with Crippen molar-refractivity contribution in [2.45, 2.75) is 70.2 Å². The SMILES string of the molecule is C=C1C/C=C/c2cc3cc(ccc3cn2)[C@@H](C)OC(=O)[C@@H]2CCCN(N2)C(=O)[C@H](C)NC(=O)[C@H](CCc2ccccc2)N1. The summed E-state index contributed by atoms with van der Waals surface area (Å²) < 4.78 is 5.83. The minimum atomic E-state index is -0.805. The predicted molar refractivity (Wildman–Crippen MR) is 166 cm³/mol. The number of allylic oxidation sites excluding steroid dienone is 1. The Morgan fingerprint density at radius 2 is 1.84 bits per heavy atom. The van der Waals surface area contributed by atoms with E-state index in [2.05, 4.69) is 27.6 Å². The summed E-state index contributed by atoms with van der Waals surface area (Å²) in [6.45, 7) is 8.09. The normalized spacial score (nSPS) is 24.7. The molecule has 5 rings (SSSR count). The molecule has 224 valence electrons. The van der Waals surface area contributed by atoms with Crippen molar-refractivity contribution in [1.82, 2.24) is 26.1 Å². The lowest BCUT2D eigenvalue weighted by molar-refractivity contribution is -0.157. The molecule has 1 saturated heterocycles. The number of hydrogen-bond acceptors (Lipinski definition) is 7. The van der Waals surface area contributed by atoms with Crippen molar-refractivity contribution >= 4 is 34.6 Å². The molecule has 2 amide bonds. The van der Waals surface area contributed by atoms with Crippen LogP contribution >= 0.6 is 0 Å². The quantitative estimate of drug-likeness (QED) is 0.394. The van der Waals surface area contributed by atoms with Gasteiger partial charge in [-0.25, -0.2) is 5.43 Å². The summed E-state index contributed by atoms with van der Waals surface area (Å²) >= 11 is 0. The number of hydrazine groups is 1. The number of nitrogens with zero attached hydrogens (tertiary/aromatic N) is 2. The minimum absolute atomic E-state index is 0.291. The number of aromatic nitrogens is 1. The highest BCUT2D eigenvalue weighted by molar-refractivity contribution is 5.90. The van der Waals surface area contributed by atoms with Gasteiger partial charge in [0.05, 0.1) is 5.69 Å². The number of benzene rings is 2. The Balaban J connectivity index is 1.41. The van der Waals surface area contributed by atoms with Crippen LogP contribution in [-0.4, -0.2) is 52.4 Å². The Morgan fingerprint density at radius 1 is 1.02 bits per heavy atom. The van der Waals surface area contributed by atoms with Crippen LogP contribution in [0.5, 0.6) is 0 Å². The molecule has 0 aliphatic carbocycles. The summed E-state index contributed by atoms with van der Waals surface area (Å²) in [7, 11) is 0. The molecule has 0 saturated carbocycles. The van der Waals surface area contributed by atoms with E-state index in [9.17, 15) is 14.4 Å². The molecule has 2 aliphatic rings. The summed E-state index contributed by atoms with van der Waals surface area (Å²) in [4.78, 5) is 44.5. The van der Waals surface area contributed by atoms with Crippen LogP contribution in [0.4, 0.5) is 0 Å². The van der Waals surface area contributed by atoms with Crippen LogP contribution in [0.25, 0.3) is 16.8 Å². The number of esters is 1. The molecule has 4 atom stereocenters. The highest BCUT2D eigenvalue weighted by Gasteiger charge is 2.33. The Morgan fingerprint density at radius 3 is 2.65 bits per heavy atom. The number of ether oxygens (including phenoxy) is 1. The molecule has 2 aliphatic heterocycles. The average molecular weight is 582 g/mol. The van der Waals surface area contributed by atoms with Crippen molar-refractivity contribution in [2.75, 3.05) is 6.54 Å². The Bertz CT molecular complexity index is 1520. The van der Waals surface area contributed by atoms with Gasteiger partial charge >= 0.3 is 5.97 Å². The van der Waals surface area contributed by atoms with E-state index < -0.39 is 30.2 Å². The van der Waals surface area contributed by atoms with E-state index in [-0.39, 0.29) is 11.8 Å². The fourth-order valence-electron chi connectivity index (χ4n) is 5.42. The molecule has 0 unspecified atom stereocenters. The number of cyclic esters (lactones) is 1. The molecule has 2 aromatic carbocycles. The maximum atomic E-state index is 13.5. The van der Waals surface area contributed by atoms with Gasteiger partial charge in [-0.1, -0.05) is 55.1 Å². The van der Waals surface area contributed by atoms with Crippen LogP contribution in [0.1, 0.15) is 62.5 Å². The number of pyridine rings is 1. The van der Waals surface area contributed by atoms with E-state index in [4.69, 9.17) is 4.74 Å². The van der Waals surface area contributed by atoms with Crippen LogP contribution in [0.15, 0.2) is 79.1 Å². The summed E-state index contributed by atoms with van der Waals surface area (Å²) in [6.07, 6.45) is 8.08. The lowest BCUT2D eigenvalue weighted by atomic mass is 10.0. The van der Waals surface area contributed by atoms with Gasteiger partial charge in [-0.05, 0) is 74.3 Å². The van der Waals surface area contributed by atoms with Gasteiger partial charge in [0.15, 0.2) is 0 Å². The first-order valence-corrected chi connectivity index (χ1v) is 14.9. The smallest absolute Gasteiger partial charge is 0.325 e. The zero-order chi connectivity index (χ0) is 30.3. The van der Waals surface area contributed by atoms with Crippen molar-refractivity contribution in [2.24, 2.45) is 0 Å². The van der Waals surface area contributed by atoms with Gasteiger partial charge in [-0.2, -0.15) is 0 Å². The van der Waals surface area contributed by atoms with Crippen molar-refractivity contribution in [3.05, 3.63) is 96.0 Å². The monoisotopic (exact) mass is 581 g/mol. The maximum absolute atomic E-state index is 13.5. The van der Waals surface area contributed by atoms with E-state index in [1.165, 1.54) is 5.01 Å². The topological polar surface area (TPSA) is 113 Å². The van der Waals surface area contributed by atoms with Crippen molar-refractivity contribution < 1.29 is 19.1 Å². The van der Waals surface area contributed by atoms with Crippen LogP contribution in [0, 0.1) is 0 Å². The number of carbonyl (C=O) groups is 3. The standard InChI is InChI=1S/C34H39N5O4/c1-22-9-7-12-29-20-28-19-26(15-16-27(28)21-35-29)24(3)43-34(42)31-13-8-18-39(38-31)33(41)23(2)37-32(40)30(36-22)17-14-25-10-5-4-6-11-25/h4-7,10-12,15-16,19-21,23-24,30-31,36,38H,1,8-9,13-14,17-18H2,2-3H3,(H,37,40)/b12-7+/t23-,24+,30-,31-/m0/s1. The second-order valence-electron chi connectivity index (χ2n) is 11.3. The molecule has 43 heavy (non-hydrogen) atoms. The molecule has 1 aromatic heterocycles. The maximum Gasteiger partial charge on any atom is 0.325 e. The lowest BCUT2D eigenvalue weighted by Gasteiger charge is -2.35. The summed E-state index contributed by atoms with van der Waals surface area (Å²) in [5.41, 5.74) is 6.49. The van der Waals surface area contributed by atoms with Gasteiger partial charge in [-0.3, -0.25) is 24.4 Å². The molecule has 0 radical (unpaired) electrons. The minimum Gasteiger partial charge on any atom is -0.457 e. The molecule has 5 bridgehead atoms. The molecule has 9 heteroatoms. The first-order chi connectivity index (χ1) is 20.8. The first-order valence-electron chi connectivity index (χ1n) is 14.9. The Kier molecular flexibility index (Phi) is 9.51. The van der Waals surface area contributed by atoms with Crippen LogP contribution in [0.2, 0.25) is 0 Å². The molecular formula is C34H39N5O4. The van der Waals surface area contributed by atoms with Crippen molar-refractivity contribution in [3.8, 4) is 0 Å². The van der Waals surface area contributed by atoms with Gasteiger partial charge < -0.3 is 15.4 Å². The van der Waals surface area contributed by atoms with Gasteiger partial charge in [0.2, 0.25) is 5.91 Å². The summed E-state index contributed by atoms with van der Waals surface area (Å²) in [5, 5.41) is 9.56. The van der Waals surface area contributed by atoms with Crippen LogP contribution < -0.4 is 16.1 Å². The molecule has 0 spiro atoms. The Hall–Kier alpha value is -4.50. The van der Waals surface area contributed by atoms with E-state index in [0.29, 0.717) is 44.3 Å². The van der Waals surface area contributed by atoms with Gasteiger partial charge in [-0.15, -0.1) is 0 Å². The predicted octanol–water partition coefficient (Wildman–Crippen LogP) is 4.36. The zero-order valence-corrected chi connectivity index (χ0v) is 24.7. The van der Waals surface area contributed by atoms with Gasteiger partial charge in [0.1, 0.15) is 24.2 Å². The highest BCUT2D eigenvalue weighted by atomic mass is 16.5.